The van der Waals surface area contributed by atoms with Crippen LogP contribution in [0.2, 0.25) is 0 Å². The van der Waals surface area contributed by atoms with Crippen LogP contribution in [0.5, 0.6) is 0 Å². The first-order chi connectivity index (χ1) is 11.4. The van der Waals surface area contributed by atoms with Crippen molar-refractivity contribution in [3.63, 3.8) is 0 Å². The van der Waals surface area contributed by atoms with Crippen molar-refractivity contribution >= 4 is 29.0 Å². The summed E-state index contributed by atoms with van der Waals surface area (Å²) in [6, 6.07) is 2.58. The molecule has 0 bridgehead atoms. The largest absolute Gasteiger partial charge is 0.480 e. The van der Waals surface area contributed by atoms with E-state index < -0.39 is 23.7 Å². The first-order valence-electron chi connectivity index (χ1n) is 7.12. The highest BCUT2D eigenvalue weighted by molar-refractivity contribution is 6.43. The van der Waals surface area contributed by atoms with E-state index >= 15 is 0 Å². The topological polar surface area (TPSA) is 184 Å². The standard InChI is InChI=1S/C14H18N6O4/c15-4-2-1-3-11(14(23)24)18-13(22)12(21)8-5-9(16)7-10(6-8)19-20-17/h5-7,11H,1-4,15-16H2,(H,18,22)(H,23,24)/t11-/m0/s1. The van der Waals surface area contributed by atoms with E-state index in [9.17, 15) is 14.4 Å². The van der Waals surface area contributed by atoms with Crippen molar-refractivity contribution in [1.29, 1.82) is 0 Å². The third-order valence-electron chi connectivity index (χ3n) is 3.12. The number of ketones is 1. The number of nitrogens with two attached hydrogens (primary N) is 2. The molecule has 1 rings (SSSR count). The molecule has 24 heavy (non-hydrogen) atoms. The first-order valence-corrected chi connectivity index (χ1v) is 7.12. The summed E-state index contributed by atoms with van der Waals surface area (Å²) in [5, 5.41) is 14.6. The minimum atomic E-state index is -1.24. The molecule has 1 aromatic carbocycles. The Labute approximate surface area is 137 Å². The maximum absolute atomic E-state index is 12.1. The van der Waals surface area contributed by atoms with Crippen LogP contribution in [-0.4, -0.2) is 35.4 Å². The molecule has 0 aliphatic heterocycles. The molecule has 0 unspecified atom stereocenters. The van der Waals surface area contributed by atoms with E-state index in [-0.39, 0.29) is 23.4 Å². The molecule has 6 N–H and O–H groups in total. The van der Waals surface area contributed by atoms with Crippen LogP contribution in [0.15, 0.2) is 23.3 Å². The molecule has 1 aromatic rings. The molecule has 1 atom stereocenters. The van der Waals surface area contributed by atoms with Crippen molar-refractivity contribution in [2.24, 2.45) is 10.8 Å². The van der Waals surface area contributed by atoms with Crippen molar-refractivity contribution in [2.45, 2.75) is 25.3 Å². The number of amides is 1. The zero-order valence-electron chi connectivity index (χ0n) is 12.8. The van der Waals surface area contributed by atoms with Gasteiger partial charge in [-0.3, -0.25) is 9.59 Å². The molecule has 0 saturated carbocycles. The monoisotopic (exact) mass is 334 g/mol. The van der Waals surface area contributed by atoms with Crippen molar-refractivity contribution in [2.75, 3.05) is 12.3 Å². The number of carbonyl (C=O) groups excluding carboxylic acids is 2. The number of aliphatic carboxylic acids is 1. The van der Waals surface area contributed by atoms with Gasteiger partial charge in [-0.1, -0.05) is 5.11 Å². The molecule has 0 aromatic heterocycles. The van der Waals surface area contributed by atoms with Crippen molar-refractivity contribution in [1.82, 2.24) is 5.32 Å². The molecule has 0 spiro atoms. The second-order valence-corrected chi connectivity index (χ2v) is 4.98. The van der Waals surface area contributed by atoms with E-state index in [0.29, 0.717) is 19.4 Å². The van der Waals surface area contributed by atoms with E-state index in [1.165, 1.54) is 18.2 Å². The third-order valence-corrected chi connectivity index (χ3v) is 3.12. The molecule has 0 fully saturated rings. The van der Waals surface area contributed by atoms with E-state index in [2.05, 4.69) is 15.3 Å². The highest BCUT2D eigenvalue weighted by atomic mass is 16.4. The fraction of sp³-hybridized carbons (Fsp3) is 0.357. The number of nitrogens with zero attached hydrogens (tertiary/aromatic N) is 3. The van der Waals surface area contributed by atoms with E-state index in [0.717, 1.165) is 0 Å². The average molecular weight is 334 g/mol. The average Bonchev–Trinajstić information content (AvgIpc) is 2.52. The van der Waals surface area contributed by atoms with Crippen LogP contribution < -0.4 is 16.8 Å². The second-order valence-electron chi connectivity index (χ2n) is 4.98. The molecule has 10 nitrogen and oxygen atoms in total. The Morgan fingerprint density at radius 3 is 2.58 bits per heavy atom. The highest BCUT2D eigenvalue weighted by Crippen LogP contribution is 2.20. The summed E-state index contributed by atoms with van der Waals surface area (Å²) in [6.45, 7) is 0.407. The van der Waals surface area contributed by atoms with Crippen LogP contribution >= 0.6 is 0 Å². The van der Waals surface area contributed by atoms with Gasteiger partial charge >= 0.3 is 5.97 Å². The smallest absolute Gasteiger partial charge is 0.326 e. The number of hydrogen-bond donors (Lipinski definition) is 4. The quantitative estimate of drug-likeness (QED) is 0.0995. The van der Waals surface area contributed by atoms with Crippen LogP contribution in [0.4, 0.5) is 11.4 Å². The number of carboxylic acids is 1. The first kappa shape index (κ1) is 18.9. The number of Topliss-reactive ketones (excluding diaryl/α,β-unsaturated/α-hetero) is 1. The Kier molecular flexibility index (Phi) is 7.21. The number of nitrogens with one attached hydrogen (secondary N) is 1. The van der Waals surface area contributed by atoms with Gasteiger partial charge < -0.3 is 21.9 Å². The molecule has 0 saturated heterocycles. The Morgan fingerprint density at radius 2 is 2.00 bits per heavy atom. The molecular formula is C14H18N6O4. The normalized spacial score (nSPS) is 11.2. The number of carboxylic acid groups (broad SMARTS) is 1. The lowest BCUT2D eigenvalue weighted by Gasteiger charge is -2.14. The fourth-order valence-corrected chi connectivity index (χ4v) is 1.98. The molecular weight excluding hydrogens is 316 g/mol. The molecule has 0 heterocycles. The van der Waals surface area contributed by atoms with Gasteiger partial charge in [0.05, 0.1) is 0 Å². The van der Waals surface area contributed by atoms with Gasteiger partial charge in [-0.05, 0) is 49.5 Å². The maximum Gasteiger partial charge on any atom is 0.326 e. The van der Waals surface area contributed by atoms with E-state index in [1.807, 2.05) is 0 Å². The Morgan fingerprint density at radius 1 is 1.29 bits per heavy atom. The van der Waals surface area contributed by atoms with Gasteiger partial charge in [-0.25, -0.2) is 4.79 Å². The second kappa shape index (κ2) is 9.13. The minimum Gasteiger partial charge on any atom is -0.480 e. The van der Waals surface area contributed by atoms with Crippen LogP contribution in [-0.2, 0) is 9.59 Å². The Bertz CT molecular complexity index is 684. The van der Waals surface area contributed by atoms with E-state index in [1.54, 1.807) is 0 Å². The summed E-state index contributed by atoms with van der Waals surface area (Å²) in [4.78, 5) is 37.8. The van der Waals surface area contributed by atoms with Crippen LogP contribution in [0.3, 0.4) is 0 Å². The molecule has 128 valence electrons. The predicted octanol–water partition coefficient (Wildman–Crippen LogP) is 1.09. The summed E-state index contributed by atoms with van der Waals surface area (Å²) in [5.74, 6) is -3.29. The number of nitrogen functional groups attached to an aromatic ring is 1. The minimum absolute atomic E-state index is 0.0754. The molecule has 0 radical (unpaired) electrons. The number of hydrogen-bond acceptors (Lipinski definition) is 6. The van der Waals surface area contributed by atoms with Gasteiger partial charge in [0.25, 0.3) is 5.91 Å². The van der Waals surface area contributed by atoms with Crippen LogP contribution in [0.25, 0.3) is 10.4 Å². The summed E-state index contributed by atoms with van der Waals surface area (Å²) >= 11 is 0. The van der Waals surface area contributed by atoms with Crippen molar-refractivity contribution in [3.05, 3.63) is 34.2 Å². The summed E-state index contributed by atoms with van der Waals surface area (Å²) in [6.07, 6.45) is 1.27. The number of benzene rings is 1. The van der Waals surface area contributed by atoms with Crippen molar-refractivity contribution in [3.8, 4) is 0 Å². The number of carbonyl (C=O) groups is 3. The van der Waals surface area contributed by atoms with Crippen LogP contribution in [0, 0.1) is 0 Å². The maximum atomic E-state index is 12.1. The molecule has 0 aliphatic rings. The van der Waals surface area contributed by atoms with Gasteiger partial charge in [0.2, 0.25) is 5.78 Å². The lowest BCUT2D eigenvalue weighted by molar-refractivity contribution is -0.141. The lowest BCUT2D eigenvalue weighted by Crippen LogP contribution is -2.44. The van der Waals surface area contributed by atoms with Gasteiger partial charge in [-0.15, -0.1) is 0 Å². The van der Waals surface area contributed by atoms with Gasteiger partial charge in [-0.2, -0.15) is 0 Å². The summed E-state index contributed by atoms with van der Waals surface area (Å²) in [7, 11) is 0. The van der Waals surface area contributed by atoms with E-state index in [4.69, 9.17) is 22.1 Å². The zero-order chi connectivity index (χ0) is 18.1. The van der Waals surface area contributed by atoms with Gasteiger partial charge in [0, 0.05) is 21.8 Å². The number of rotatable bonds is 9. The van der Waals surface area contributed by atoms with Gasteiger partial charge in [0.1, 0.15) is 6.04 Å². The highest BCUT2D eigenvalue weighted by Gasteiger charge is 2.24. The third kappa shape index (κ3) is 5.59. The van der Waals surface area contributed by atoms with Crippen molar-refractivity contribution < 1.29 is 19.5 Å². The number of unbranched alkanes of at least 4 members (excludes halogenated alkanes) is 1. The SMILES string of the molecule is [N-]=[N+]=Nc1cc(N)cc(C(=O)C(=O)N[C@@H](CCCCN)C(=O)O)c1. The van der Waals surface area contributed by atoms with Crippen LogP contribution in [0.1, 0.15) is 29.6 Å². The Balaban J connectivity index is 2.87. The number of anilines is 1. The number of azide groups is 1. The lowest BCUT2D eigenvalue weighted by atomic mass is 10.1. The molecule has 10 heteroatoms. The molecule has 0 aliphatic carbocycles. The van der Waals surface area contributed by atoms with Gasteiger partial charge in [0.15, 0.2) is 0 Å². The molecule has 1 amide bonds. The Hall–Kier alpha value is -3.10. The summed E-state index contributed by atoms with van der Waals surface area (Å²) < 4.78 is 0. The zero-order valence-corrected chi connectivity index (χ0v) is 12.8. The predicted molar refractivity (Wildman–Crippen MR) is 86.5 cm³/mol. The summed E-state index contributed by atoms with van der Waals surface area (Å²) in [5.41, 5.74) is 19.4. The fourth-order valence-electron chi connectivity index (χ4n) is 1.98.